The number of rotatable bonds is 7. The summed E-state index contributed by atoms with van der Waals surface area (Å²) in [6.45, 7) is 3.89. The van der Waals surface area contributed by atoms with E-state index in [1.54, 1.807) is 24.3 Å². The van der Waals surface area contributed by atoms with Gasteiger partial charge in [0.15, 0.2) is 0 Å². The van der Waals surface area contributed by atoms with Gasteiger partial charge in [0.25, 0.3) is 11.6 Å². The Kier molecular flexibility index (Phi) is 7.21. The standard InChI is InChI=1S/C18H22ClF3N2O2S/c1-12(2)7-8-14-9-17(26,18(20,21)22)24(23-14)16(25)11-27-10-13-5-3-4-6-15(13)19/h3-6,12,26H,7-11H2,1-2H3/t17-/m1/s1. The van der Waals surface area contributed by atoms with Gasteiger partial charge in [0.2, 0.25) is 0 Å². The van der Waals surface area contributed by atoms with E-state index < -0.39 is 24.2 Å². The van der Waals surface area contributed by atoms with Gasteiger partial charge in [0.05, 0.1) is 5.75 Å². The predicted molar refractivity (Wildman–Crippen MR) is 102 cm³/mol. The summed E-state index contributed by atoms with van der Waals surface area (Å²) >= 11 is 7.15. The number of hydrazone groups is 1. The molecule has 4 nitrogen and oxygen atoms in total. The molecule has 0 aromatic heterocycles. The molecule has 150 valence electrons. The van der Waals surface area contributed by atoms with Crippen LogP contribution in [0.15, 0.2) is 29.4 Å². The SMILES string of the molecule is CC(C)CCC1=NN(C(=O)CSCc2ccccc2Cl)[C@](O)(C(F)(F)F)C1. The summed E-state index contributed by atoms with van der Waals surface area (Å²) < 4.78 is 40.3. The highest BCUT2D eigenvalue weighted by atomic mass is 35.5. The van der Waals surface area contributed by atoms with Gasteiger partial charge in [-0.15, -0.1) is 11.8 Å². The molecule has 1 aliphatic rings. The zero-order chi connectivity index (χ0) is 20.2. The lowest BCUT2D eigenvalue weighted by Crippen LogP contribution is -2.57. The van der Waals surface area contributed by atoms with Crippen molar-refractivity contribution in [3.05, 3.63) is 34.9 Å². The van der Waals surface area contributed by atoms with Crippen LogP contribution < -0.4 is 0 Å². The van der Waals surface area contributed by atoms with Crippen LogP contribution in [0.2, 0.25) is 5.02 Å². The van der Waals surface area contributed by atoms with E-state index in [-0.39, 0.29) is 22.4 Å². The monoisotopic (exact) mass is 422 g/mol. The second kappa shape index (κ2) is 8.84. The van der Waals surface area contributed by atoms with Gasteiger partial charge in [0.1, 0.15) is 0 Å². The minimum atomic E-state index is -4.99. The predicted octanol–water partition coefficient (Wildman–Crippen LogP) is 4.85. The number of aliphatic hydroxyl groups is 1. The normalized spacial score (nSPS) is 20.3. The molecule has 1 N–H and O–H groups in total. The molecular formula is C18H22ClF3N2O2S. The van der Waals surface area contributed by atoms with Crippen molar-refractivity contribution in [1.82, 2.24) is 5.01 Å². The topological polar surface area (TPSA) is 52.9 Å². The number of hydrogen-bond acceptors (Lipinski definition) is 4. The largest absolute Gasteiger partial charge is 0.438 e. The Bertz CT molecular complexity index is 712. The minimum Gasteiger partial charge on any atom is -0.362 e. The molecule has 0 bridgehead atoms. The van der Waals surface area contributed by atoms with E-state index in [1.165, 1.54) is 0 Å². The van der Waals surface area contributed by atoms with Gasteiger partial charge < -0.3 is 5.11 Å². The summed E-state index contributed by atoms with van der Waals surface area (Å²) in [5.74, 6) is -0.480. The quantitative estimate of drug-likeness (QED) is 0.683. The van der Waals surface area contributed by atoms with Gasteiger partial charge in [-0.1, -0.05) is 43.6 Å². The van der Waals surface area contributed by atoms with Crippen molar-refractivity contribution in [2.24, 2.45) is 11.0 Å². The number of halogens is 4. The first-order valence-corrected chi connectivity index (χ1v) is 10.1. The van der Waals surface area contributed by atoms with Crippen LogP contribution in [0.3, 0.4) is 0 Å². The van der Waals surface area contributed by atoms with Gasteiger partial charge in [-0.3, -0.25) is 4.79 Å². The van der Waals surface area contributed by atoms with E-state index in [1.807, 2.05) is 13.8 Å². The lowest BCUT2D eigenvalue weighted by atomic mass is 9.99. The first-order chi connectivity index (χ1) is 12.5. The second-order valence-electron chi connectivity index (χ2n) is 6.88. The maximum atomic E-state index is 13.4. The zero-order valence-electron chi connectivity index (χ0n) is 15.1. The molecule has 0 saturated carbocycles. The molecule has 2 rings (SSSR count). The first-order valence-electron chi connectivity index (χ1n) is 8.54. The summed E-state index contributed by atoms with van der Waals surface area (Å²) in [6, 6.07) is 7.04. The third-order valence-electron chi connectivity index (χ3n) is 4.18. The average Bonchev–Trinajstić information content (AvgIpc) is 2.93. The fourth-order valence-corrected chi connectivity index (χ4v) is 3.77. The summed E-state index contributed by atoms with van der Waals surface area (Å²) in [6.07, 6.45) is -4.74. The molecule has 1 aromatic carbocycles. The molecule has 1 heterocycles. The van der Waals surface area contributed by atoms with Crippen LogP contribution in [0.4, 0.5) is 13.2 Å². The van der Waals surface area contributed by atoms with Gasteiger partial charge >= 0.3 is 6.18 Å². The lowest BCUT2D eigenvalue weighted by molar-refractivity contribution is -0.301. The number of alkyl halides is 3. The third kappa shape index (κ3) is 5.39. The van der Waals surface area contributed by atoms with Crippen molar-refractivity contribution in [3.8, 4) is 0 Å². The van der Waals surface area contributed by atoms with Crippen LogP contribution in [0, 0.1) is 5.92 Å². The van der Waals surface area contributed by atoms with Gasteiger partial charge in [-0.25, -0.2) is 0 Å². The molecule has 27 heavy (non-hydrogen) atoms. The summed E-state index contributed by atoms with van der Waals surface area (Å²) in [4.78, 5) is 12.4. The van der Waals surface area contributed by atoms with Crippen LogP contribution in [0.1, 0.15) is 38.7 Å². The van der Waals surface area contributed by atoms with Gasteiger partial charge in [-0.05, 0) is 30.4 Å². The molecule has 0 fully saturated rings. The van der Waals surface area contributed by atoms with Crippen LogP contribution in [-0.2, 0) is 10.5 Å². The molecule has 0 saturated heterocycles. The van der Waals surface area contributed by atoms with E-state index in [0.29, 0.717) is 23.6 Å². The van der Waals surface area contributed by atoms with Crippen LogP contribution in [-0.4, -0.2) is 39.4 Å². The van der Waals surface area contributed by atoms with Crippen molar-refractivity contribution in [3.63, 3.8) is 0 Å². The Morgan fingerprint density at radius 2 is 2.07 bits per heavy atom. The molecule has 0 spiro atoms. The zero-order valence-corrected chi connectivity index (χ0v) is 16.7. The van der Waals surface area contributed by atoms with Crippen LogP contribution >= 0.6 is 23.4 Å². The maximum Gasteiger partial charge on any atom is 0.438 e. The lowest BCUT2D eigenvalue weighted by Gasteiger charge is -2.32. The molecule has 9 heteroatoms. The maximum absolute atomic E-state index is 13.4. The highest BCUT2D eigenvalue weighted by Gasteiger charge is 2.62. The summed E-state index contributed by atoms with van der Waals surface area (Å²) in [5.41, 5.74) is -2.31. The number of thioether (sulfide) groups is 1. The fourth-order valence-electron chi connectivity index (χ4n) is 2.62. The Labute approximate surface area is 165 Å². The highest BCUT2D eigenvalue weighted by Crippen LogP contribution is 2.41. The van der Waals surface area contributed by atoms with Crippen LogP contribution in [0.25, 0.3) is 0 Å². The van der Waals surface area contributed by atoms with Crippen molar-refractivity contribution in [1.29, 1.82) is 0 Å². The molecule has 1 aliphatic heterocycles. The highest BCUT2D eigenvalue weighted by molar-refractivity contribution is 7.99. The Morgan fingerprint density at radius 1 is 1.41 bits per heavy atom. The van der Waals surface area contributed by atoms with Gasteiger partial charge in [-0.2, -0.15) is 23.3 Å². The van der Waals surface area contributed by atoms with Crippen molar-refractivity contribution in [2.45, 2.75) is 50.8 Å². The smallest absolute Gasteiger partial charge is 0.362 e. The van der Waals surface area contributed by atoms with Gasteiger partial charge in [0, 0.05) is 22.9 Å². The van der Waals surface area contributed by atoms with Crippen molar-refractivity contribution >= 4 is 35.0 Å². The molecular weight excluding hydrogens is 401 g/mol. The second-order valence-corrected chi connectivity index (χ2v) is 8.27. The third-order valence-corrected chi connectivity index (χ3v) is 5.52. The first kappa shape index (κ1) is 22.0. The van der Waals surface area contributed by atoms with E-state index in [0.717, 1.165) is 17.3 Å². The molecule has 0 unspecified atom stereocenters. The number of carbonyl (C=O) groups excluding carboxylic acids is 1. The number of carbonyl (C=O) groups is 1. The Balaban J connectivity index is 2.06. The molecule has 1 amide bonds. The average molecular weight is 423 g/mol. The number of nitrogens with zero attached hydrogens (tertiary/aromatic N) is 2. The minimum absolute atomic E-state index is 0.188. The van der Waals surface area contributed by atoms with Crippen molar-refractivity contribution in [2.75, 3.05) is 5.75 Å². The molecule has 1 atom stereocenters. The van der Waals surface area contributed by atoms with E-state index in [4.69, 9.17) is 11.6 Å². The molecule has 0 aliphatic carbocycles. The van der Waals surface area contributed by atoms with Crippen LogP contribution in [0.5, 0.6) is 0 Å². The summed E-state index contributed by atoms with van der Waals surface area (Å²) in [5, 5.41) is 14.7. The van der Waals surface area contributed by atoms with E-state index >= 15 is 0 Å². The number of benzene rings is 1. The fraction of sp³-hybridized carbons (Fsp3) is 0.556. The van der Waals surface area contributed by atoms with E-state index in [2.05, 4.69) is 5.10 Å². The van der Waals surface area contributed by atoms with Crippen molar-refractivity contribution < 1.29 is 23.1 Å². The molecule has 0 radical (unpaired) electrons. The Morgan fingerprint density at radius 3 is 2.67 bits per heavy atom. The number of amides is 1. The number of hydrogen-bond donors (Lipinski definition) is 1. The Hall–Kier alpha value is -1.25. The van der Waals surface area contributed by atoms with E-state index in [9.17, 15) is 23.1 Å². The molecule has 1 aromatic rings. The summed E-state index contributed by atoms with van der Waals surface area (Å²) in [7, 11) is 0.